The van der Waals surface area contributed by atoms with Crippen LogP contribution in [-0.4, -0.2) is 24.6 Å². The van der Waals surface area contributed by atoms with E-state index in [1.165, 1.54) is 0 Å². The number of H-pyrrole nitrogens is 2. The number of fused-ring (bicyclic) bond motifs is 2. The number of hydrogen-bond acceptors (Lipinski definition) is 3. The van der Waals surface area contributed by atoms with E-state index in [1.807, 2.05) is 54.6 Å². The summed E-state index contributed by atoms with van der Waals surface area (Å²) in [6.07, 6.45) is 1.13. The lowest BCUT2D eigenvalue weighted by atomic mass is 10.1. The van der Waals surface area contributed by atoms with Crippen molar-refractivity contribution in [3.05, 3.63) is 70.5 Å². The van der Waals surface area contributed by atoms with Gasteiger partial charge in [-0.1, -0.05) is 24.3 Å². The number of para-hydroxylation sites is 1. The van der Waals surface area contributed by atoms with Gasteiger partial charge >= 0.3 is 0 Å². The molecule has 0 fully saturated rings. The monoisotopic (exact) mass is 367 g/mol. The Morgan fingerprint density at radius 3 is 2.50 bits per heavy atom. The molecule has 7 heteroatoms. The van der Waals surface area contributed by atoms with Crippen molar-refractivity contribution in [2.75, 3.05) is 6.26 Å². The number of sulfonamides is 1. The van der Waals surface area contributed by atoms with Crippen molar-refractivity contribution in [2.45, 2.75) is 6.54 Å². The molecular formula is C19H17N3O3S. The Labute approximate surface area is 149 Å². The van der Waals surface area contributed by atoms with E-state index in [0.717, 1.165) is 39.3 Å². The Hall–Kier alpha value is -2.90. The van der Waals surface area contributed by atoms with Crippen molar-refractivity contribution in [1.82, 2.24) is 14.7 Å². The Bertz CT molecular complexity index is 1290. The second-order valence-corrected chi connectivity index (χ2v) is 8.13. The summed E-state index contributed by atoms with van der Waals surface area (Å²) in [5, 5.41) is 1.87. The summed E-state index contributed by atoms with van der Waals surface area (Å²) in [7, 11) is -3.24. The SMILES string of the molecule is CS(=O)(=O)NCc1ccc2[nH]c(-c3cc4ccccc4[nH]c3=O)cc2c1. The first kappa shape index (κ1) is 16.6. The van der Waals surface area contributed by atoms with Gasteiger partial charge in [0.25, 0.3) is 5.56 Å². The largest absolute Gasteiger partial charge is 0.354 e. The molecule has 2 aromatic heterocycles. The van der Waals surface area contributed by atoms with Crippen LogP contribution >= 0.6 is 0 Å². The molecule has 6 nitrogen and oxygen atoms in total. The number of hydrogen-bond donors (Lipinski definition) is 3. The fourth-order valence-electron chi connectivity index (χ4n) is 3.00. The topological polar surface area (TPSA) is 94.8 Å². The minimum Gasteiger partial charge on any atom is -0.354 e. The number of rotatable bonds is 4. The van der Waals surface area contributed by atoms with Crippen LogP contribution in [0.3, 0.4) is 0 Å². The predicted molar refractivity (Wildman–Crippen MR) is 104 cm³/mol. The summed E-state index contributed by atoms with van der Waals surface area (Å²) in [5.41, 5.74) is 3.66. The third-order valence-corrected chi connectivity index (χ3v) is 4.94. The minimum atomic E-state index is -3.24. The summed E-state index contributed by atoms with van der Waals surface area (Å²) >= 11 is 0. The van der Waals surface area contributed by atoms with Crippen LogP contribution in [0.25, 0.3) is 33.1 Å². The highest BCUT2D eigenvalue weighted by Crippen LogP contribution is 2.24. The van der Waals surface area contributed by atoms with Gasteiger partial charge in [0.05, 0.1) is 17.5 Å². The fraction of sp³-hybridized carbons (Fsp3) is 0.105. The second-order valence-electron chi connectivity index (χ2n) is 6.30. The molecule has 0 aliphatic carbocycles. The maximum atomic E-state index is 12.4. The van der Waals surface area contributed by atoms with E-state index in [-0.39, 0.29) is 12.1 Å². The zero-order valence-electron chi connectivity index (χ0n) is 14.0. The highest BCUT2D eigenvalue weighted by atomic mass is 32.2. The molecule has 0 saturated heterocycles. The van der Waals surface area contributed by atoms with Gasteiger partial charge in [-0.25, -0.2) is 13.1 Å². The van der Waals surface area contributed by atoms with Gasteiger partial charge in [0.1, 0.15) is 0 Å². The van der Waals surface area contributed by atoms with Crippen molar-refractivity contribution >= 4 is 31.8 Å². The lowest BCUT2D eigenvalue weighted by Gasteiger charge is -2.02. The van der Waals surface area contributed by atoms with Crippen molar-refractivity contribution in [3.63, 3.8) is 0 Å². The van der Waals surface area contributed by atoms with Crippen LogP contribution in [0.4, 0.5) is 0 Å². The number of aromatic amines is 2. The van der Waals surface area contributed by atoms with E-state index < -0.39 is 10.0 Å². The van der Waals surface area contributed by atoms with Gasteiger partial charge in [-0.3, -0.25) is 4.79 Å². The van der Waals surface area contributed by atoms with Gasteiger partial charge in [-0.05, 0) is 41.3 Å². The Morgan fingerprint density at radius 2 is 1.69 bits per heavy atom. The molecule has 0 unspecified atom stereocenters. The number of benzene rings is 2. The zero-order chi connectivity index (χ0) is 18.3. The summed E-state index contributed by atoms with van der Waals surface area (Å²) in [6, 6.07) is 17.0. The van der Waals surface area contributed by atoms with E-state index in [1.54, 1.807) is 0 Å². The smallest absolute Gasteiger partial charge is 0.257 e. The quantitative estimate of drug-likeness (QED) is 0.518. The molecule has 2 aromatic carbocycles. The zero-order valence-corrected chi connectivity index (χ0v) is 14.9. The van der Waals surface area contributed by atoms with Crippen LogP contribution in [0.5, 0.6) is 0 Å². The molecule has 2 heterocycles. The maximum Gasteiger partial charge on any atom is 0.257 e. The van der Waals surface area contributed by atoms with Gasteiger partial charge in [0, 0.05) is 23.0 Å². The fourth-order valence-corrected chi connectivity index (χ4v) is 3.43. The van der Waals surface area contributed by atoms with Gasteiger partial charge in [-0.15, -0.1) is 0 Å². The minimum absolute atomic E-state index is 0.158. The van der Waals surface area contributed by atoms with Crippen molar-refractivity contribution < 1.29 is 8.42 Å². The molecule has 0 amide bonds. The Kier molecular flexibility index (Phi) is 3.90. The first-order valence-electron chi connectivity index (χ1n) is 8.08. The van der Waals surface area contributed by atoms with Crippen molar-refractivity contribution in [1.29, 1.82) is 0 Å². The van der Waals surface area contributed by atoms with Crippen LogP contribution in [0.1, 0.15) is 5.56 Å². The average Bonchev–Trinajstić information content (AvgIpc) is 3.01. The lowest BCUT2D eigenvalue weighted by Crippen LogP contribution is -2.21. The Balaban J connectivity index is 1.76. The van der Waals surface area contributed by atoms with E-state index in [9.17, 15) is 13.2 Å². The van der Waals surface area contributed by atoms with Crippen LogP contribution < -0.4 is 10.3 Å². The number of pyridine rings is 1. The molecule has 3 N–H and O–H groups in total. The van der Waals surface area contributed by atoms with Crippen molar-refractivity contribution in [3.8, 4) is 11.3 Å². The van der Waals surface area contributed by atoms with Gasteiger partial charge < -0.3 is 9.97 Å². The van der Waals surface area contributed by atoms with E-state index in [2.05, 4.69) is 14.7 Å². The van der Waals surface area contributed by atoms with Gasteiger partial charge in [-0.2, -0.15) is 0 Å². The lowest BCUT2D eigenvalue weighted by molar-refractivity contribution is 0.587. The third-order valence-electron chi connectivity index (χ3n) is 4.27. The highest BCUT2D eigenvalue weighted by Gasteiger charge is 2.10. The van der Waals surface area contributed by atoms with Crippen molar-refractivity contribution in [2.24, 2.45) is 0 Å². The third kappa shape index (κ3) is 3.26. The summed E-state index contributed by atoms with van der Waals surface area (Å²) in [5.74, 6) is 0. The number of nitrogens with one attached hydrogen (secondary N) is 3. The summed E-state index contributed by atoms with van der Waals surface area (Å²) in [4.78, 5) is 18.6. The van der Waals surface area contributed by atoms with Crippen LogP contribution in [0.2, 0.25) is 0 Å². The molecular weight excluding hydrogens is 350 g/mol. The standard InChI is InChI=1S/C19H17N3O3S/c1-26(24,25)20-11-12-6-7-17-14(8-12)10-18(21-17)15-9-13-4-2-3-5-16(13)22-19(15)23/h2-10,20-21H,11H2,1H3,(H,22,23). The van der Waals surface area contributed by atoms with E-state index >= 15 is 0 Å². The highest BCUT2D eigenvalue weighted by molar-refractivity contribution is 7.88. The summed E-state index contributed by atoms with van der Waals surface area (Å²) in [6.45, 7) is 0.228. The Morgan fingerprint density at radius 1 is 0.923 bits per heavy atom. The molecule has 0 bridgehead atoms. The molecule has 0 spiro atoms. The van der Waals surface area contributed by atoms with Crippen LogP contribution in [-0.2, 0) is 16.6 Å². The maximum absolute atomic E-state index is 12.4. The molecule has 0 aliphatic heterocycles. The summed E-state index contributed by atoms with van der Waals surface area (Å²) < 4.78 is 25.0. The molecule has 26 heavy (non-hydrogen) atoms. The van der Waals surface area contributed by atoms with Crippen LogP contribution in [0.15, 0.2) is 59.4 Å². The molecule has 4 aromatic rings. The molecule has 4 rings (SSSR count). The predicted octanol–water partition coefficient (Wildman–Crippen LogP) is 2.73. The molecule has 0 aliphatic rings. The molecule has 0 atom stereocenters. The van der Waals surface area contributed by atoms with Gasteiger partial charge in [0.15, 0.2) is 0 Å². The van der Waals surface area contributed by atoms with Gasteiger partial charge in [0.2, 0.25) is 10.0 Å². The molecule has 0 radical (unpaired) electrons. The normalized spacial score (nSPS) is 12.0. The first-order chi connectivity index (χ1) is 12.4. The first-order valence-corrected chi connectivity index (χ1v) is 9.97. The van der Waals surface area contributed by atoms with E-state index in [4.69, 9.17) is 0 Å². The van der Waals surface area contributed by atoms with Crippen LogP contribution in [0, 0.1) is 0 Å². The molecule has 0 saturated carbocycles. The van der Waals surface area contributed by atoms with E-state index in [0.29, 0.717) is 5.56 Å². The second kappa shape index (κ2) is 6.12. The average molecular weight is 367 g/mol. The molecule has 132 valence electrons. The number of aromatic nitrogens is 2.